The molecule has 2 aromatic rings. The highest BCUT2D eigenvalue weighted by Gasteiger charge is 2.27. The van der Waals surface area contributed by atoms with Crippen molar-refractivity contribution in [3.8, 4) is 0 Å². The minimum Gasteiger partial charge on any atom is -0.340 e. The van der Waals surface area contributed by atoms with Crippen molar-refractivity contribution in [1.29, 1.82) is 0 Å². The van der Waals surface area contributed by atoms with Gasteiger partial charge in [-0.25, -0.2) is 4.39 Å². The molecule has 2 heterocycles. The summed E-state index contributed by atoms with van der Waals surface area (Å²) in [5, 5.41) is 3.94. The molecular weight excluding hydrogens is 323 g/mol. The molecule has 1 aliphatic rings. The van der Waals surface area contributed by atoms with Gasteiger partial charge >= 0.3 is 0 Å². The zero-order chi connectivity index (χ0) is 17.8. The van der Waals surface area contributed by atoms with E-state index in [9.17, 15) is 9.18 Å². The lowest BCUT2D eigenvalue weighted by molar-refractivity contribution is -0.132. The highest BCUT2D eigenvalue weighted by molar-refractivity contribution is 5.79. The summed E-state index contributed by atoms with van der Waals surface area (Å²) in [4.78, 5) is 20.8. The predicted octanol–water partition coefficient (Wildman–Crippen LogP) is 2.22. The minimum absolute atomic E-state index is 0.0246. The Bertz CT molecular complexity index is 725. The molecule has 1 atom stereocenters. The van der Waals surface area contributed by atoms with Crippen LogP contribution in [0.4, 0.5) is 4.39 Å². The monoisotopic (exact) mass is 346 g/mol. The number of rotatable bonds is 5. The van der Waals surface area contributed by atoms with Crippen LogP contribution >= 0.6 is 0 Å². The maximum Gasteiger partial charge on any atom is 0.243 e. The molecule has 0 N–H and O–H groups in total. The molecule has 1 amide bonds. The largest absolute Gasteiger partial charge is 0.340 e. The molecule has 1 saturated heterocycles. The predicted molar refractivity (Wildman–Crippen MR) is 90.3 cm³/mol. The summed E-state index contributed by atoms with van der Waals surface area (Å²) in [6.45, 7) is 6.71. The Balaban J connectivity index is 1.54. The van der Waals surface area contributed by atoms with Crippen LogP contribution < -0.4 is 0 Å². The van der Waals surface area contributed by atoms with Crippen LogP contribution in [0.2, 0.25) is 0 Å². The van der Waals surface area contributed by atoms with Gasteiger partial charge < -0.3 is 9.42 Å². The van der Waals surface area contributed by atoms with E-state index in [1.54, 1.807) is 23.1 Å². The van der Waals surface area contributed by atoms with E-state index in [4.69, 9.17) is 4.52 Å². The number of nitrogens with zero attached hydrogens (tertiary/aromatic N) is 4. The van der Waals surface area contributed by atoms with Crippen LogP contribution in [0.1, 0.15) is 37.2 Å². The molecule has 0 radical (unpaired) electrons. The van der Waals surface area contributed by atoms with Crippen LogP contribution in [0, 0.1) is 5.82 Å². The summed E-state index contributed by atoms with van der Waals surface area (Å²) in [5.74, 6) is 0.957. The summed E-state index contributed by atoms with van der Waals surface area (Å²) in [6.07, 6.45) is 0.848. The number of carbonyl (C=O) groups excluding carboxylic acids is 1. The third kappa shape index (κ3) is 4.04. The maximum atomic E-state index is 13.7. The van der Waals surface area contributed by atoms with Crippen molar-refractivity contribution in [2.45, 2.75) is 32.7 Å². The van der Waals surface area contributed by atoms with Gasteiger partial charge in [-0.05, 0) is 18.6 Å². The van der Waals surface area contributed by atoms with E-state index in [1.165, 1.54) is 6.07 Å². The van der Waals surface area contributed by atoms with Gasteiger partial charge in [0.1, 0.15) is 5.82 Å². The number of piperazine rings is 1. The zero-order valence-corrected chi connectivity index (χ0v) is 14.6. The van der Waals surface area contributed by atoms with Gasteiger partial charge in [0.05, 0.1) is 12.5 Å². The number of aryl methyl sites for hydroxylation is 1. The standard InChI is InChI=1S/C18H23FN4O2/c1-3-16-20-18(25-21-16)13(2)22-8-10-23(11-9-22)17(24)12-14-6-4-5-7-15(14)19/h4-7,13H,3,8-12H2,1-2H3. The summed E-state index contributed by atoms with van der Waals surface area (Å²) in [6, 6.07) is 6.45. The molecule has 6 nitrogen and oxygen atoms in total. The lowest BCUT2D eigenvalue weighted by atomic mass is 10.1. The second-order valence-electron chi connectivity index (χ2n) is 6.26. The van der Waals surface area contributed by atoms with Gasteiger partial charge in [0, 0.05) is 32.6 Å². The van der Waals surface area contributed by atoms with Gasteiger partial charge in [-0.3, -0.25) is 9.69 Å². The van der Waals surface area contributed by atoms with Crippen molar-refractivity contribution in [2.24, 2.45) is 0 Å². The molecule has 0 aliphatic carbocycles. The van der Waals surface area contributed by atoms with Crippen LogP contribution in [-0.2, 0) is 17.6 Å². The molecule has 1 aromatic heterocycles. The number of carbonyl (C=O) groups is 1. The van der Waals surface area contributed by atoms with Crippen molar-refractivity contribution in [1.82, 2.24) is 19.9 Å². The summed E-state index contributed by atoms with van der Waals surface area (Å²) < 4.78 is 19.0. The number of hydrogen-bond acceptors (Lipinski definition) is 5. The quantitative estimate of drug-likeness (QED) is 0.831. The normalized spacial score (nSPS) is 16.8. The van der Waals surface area contributed by atoms with Gasteiger partial charge in [0.15, 0.2) is 5.82 Å². The first-order valence-corrected chi connectivity index (χ1v) is 8.66. The van der Waals surface area contributed by atoms with Crippen molar-refractivity contribution < 1.29 is 13.7 Å². The van der Waals surface area contributed by atoms with Gasteiger partial charge in [0.25, 0.3) is 0 Å². The highest BCUT2D eigenvalue weighted by Crippen LogP contribution is 2.20. The molecule has 0 spiro atoms. The van der Waals surface area contributed by atoms with Crippen LogP contribution in [0.25, 0.3) is 0 Å². The zero-order valence-electron chi connectivity index (χ0n) is 14.6. The molecule has 1 aromatic carbocycles. The second-order valence-corrected chi connectivity index (χ2v) is 6.26. The average Bonchev–Trinajstić information content (AvgIpc) is 3.12. The third-order valence-electron chi connectivity index (χ3n) is 4.67. The van der Waals surface area contributed by atoms with E-state index in [1.807, 2.05) is 13.8 Å². The SMILES string of the molecule is CCc1noc(C(C)N2CCN(C(=O)Cc3ccccc3F)CC2)n1. The Morgan fingerprint density at radius 3 is 2.64 bits per heavy atom. The van der Waals surface area contributed by atoms with Crippen molar-refractivity contribution in [2.75, 3.05) is 26.2 Å². The molecule has 7 heteroatoms. The summed E-state index contributed by atoms with van der Waals surface area (Å²) in [7, 11) is 0. The smallest absolute Gasteiger partial charge is 0.243 e. The van der Waals surface area contributed by atoms with Crippen LogP contribution in [0.5, 0.6) is 0 Å². The highest BCUT2D eigenvalue weighted by atomic mass is 19.1. The average molecular weight is 346 g/mol. The topological polar surface area (TPSA) is 62.5 Å². The molecule has 1 aliphatic heterocycles. The minimum atomic E-state index is -0.328. The fraction of sp³-hybridized carbons (Fsp3) is 0.500. The Morgan fingerprint density at radius 2 is 2.00 bits per heavy atom. The molecule has 1 fully saturated rings. The third-order valence-corrected chi connectivity index (χ3v) is 4.67. The summed E-state index contributed by atoms with van der Waals surface area (Å²) >= 11 is 0. The van der Waals surface area contributed by atoms with E-state index in [0.717, 1.165) is 19.5 Å². The van der Waals surface area contributed by atoms with E-state index in [0.29, 0.717) is 30.4 Å². The van der Waals surface area contributed by atoms with E-state index >= 15 is 0 Å². The molecular formula is C18H23FN4O2. The maximum absolute atomic E-state index is 13.7. The van der Waals surface area contributed by atoms with E-state index in [-0.39, 0.29) is 24.2 Å². The first-order chi connectivity index (χ1) is 12.1. The Labute approximate surface area is 146 Å². The molecule has 0 bridgehead atoms. The Morgan fingerprint density at radius 1 is 1.28 bits per heavy atom. The van der Waals surface area contributed by atoms with Gasteiger partial charge in [-0.15, -0.1) is 0 Å². The first-order valence-electron chi connectivity index (χ1n) is 8.66. The van der Waals surface area contributed by atoms with E-state index < -0.39 is 0 Å². The lowest BCUT2D eigenvalue weighted by Gasteiger charge is -2.36. The molecule has 3 rings (SSSR count). The molecule has 25 heavy (non-hydrogen) atoms. The fourth-order valence-electron chi connectivity index (χ4n) is 3.01. The van der Waals surface area contributed by atoms with Gasteiger partial charge in [-0.1, -0.05) is 30.3 Å². The van der Waals surface area contributed by atoms with Crippen molar-refractivity contribution >= 4 is 5.91 Å². The van der Waals surface area contributed by atoms with E-state index in [2.05, 4.69) is 15.0 Å². The fourth-order valence-corrected chi connectivity index (χ4v) is 3.01. The van der Waals surface area contributed by atoms with Crippen molar-refractivity contribution in [3.05, 3.63) is 47.4 Å². The number of benzene rings is 1. The lowest BCUT2D eigenvalue weighted by Crippen LogP contribution is -2.49. The molecule has 134 valence electrons. The van der Waals surface area contributed by atoms with Crippen molar-refractivity contribution in [3.63, 3.8) is 0 Å². The van der Waals surface area contributed by atoms with Gasteiger partial charge in [-0.2, -0.15) is 4.98 Å². The molecule has 0 saturated carbocycles. The second kappa shape index (κ2) is 7.74. The number of hydrogen-bond donors (Lipinski definition) is 0. The van der Waals surface area contributed by atoms with Crippen LogP contribution in [-0.4, -0.2) is 52.0 Å². The summed E-state index contributed by atoms with van der Waals surface area (Å²) in [5.41, 5.74) is 0.446. The van der Waals surface area contributed by atoms with Crippen LogP contribution in [0.3, 0.4) is 0 Å². The number of aromatic nitrogens is 2. The number of halogens is 1. The van der Waals surface area contributed by atoms with Crippen LogP contribution in [0.15, 0.2) is 28.8 Å². The molecule has 1 unspecified atom stereocenters. The number of amides is 1. The Kier molecular flexibility index (Phi) is 5.43. The first kappa shape index (κ1) is 17.5. The van der Waals surface area contributed by atoms with Gasteiger partial charge in [0.2, 0.25) is 11.8 Å². The Hall–Kier alpha value is -2.28.